The average Bonchev–Trinajstić information content (AvgIpc) is 3.43. The van der Waals surface area contributed by atoms with Crippen molar-refractivity contribution in [1.82, 2.24) is 25.1 Å². The summed E-state index contributed by atoms with van der Waals surface area (Å²) >= 11 is 1.53. The highest BCUT2D eigenvalue weighted by Crippen LogP contribution is 2.30. The van der Waals surface area contributed by atoms with Gasteiger partial charge in [-0.1, -0.05) is 31.0 Å². The van der Waals surface area contributed by atoms with Gasteiger partial charge in [-0.25, -0.2) is 9.59 Å². The highest BCUT2D eigenvalue weighted by molar-refractivity contribution is 7.99. The van der Waals surface area contributed by atoms with Crippen molar-refractivity contribution in [3.05, 3.63) is 54.1 Å². The number of likely N-dealkylation sites (tertiary alicyclic amines) is 1. The average molecular weight is 551 g/mol. The van der Waals surface area contributed by atoms with Crippen LogP contribution in [-0.2, 0) is 4.79 Å². The van der Waals surface area contributed by atoms with E-state index in [-0.39, 0.29) is 22.6 Å². The van der Waals surface area contributed by atoms with Gasteiger partial charge in [-0.05, 0) is 84.6 Å². The number of thioether (sulfide) groups is 1. The number of benzene rings is 2. The number of carbonyl (C=O) groups is 3. The minimum Gasteiger partial charge on any atom is -0.478 e. The minimum atomic E-state index is -0.992. The Morgan fingerprint density at radius 3 is 2.28 bits per heavy atom. The van der Waals surface area contributed by atoms with Gasteiger partial charge in [0.1, 0.15) is 5.75 Å². The molecule has 1 saturated carbocycles. The van der Waals surface area contributed by atoms with Gasteiger partial charge in [-0.15, -0.1) is 5.10 Å². The van der Waals surface area contributed by atoms with Crippen LogP contribution in [0, 0.1) is 5.92 Å². The monoisotopic (exact) mass is 550 g/mol. The van der Waals surface area contributed by atoms with Crippen molar-refractivity contribution < 1.29 is 24.2 Å². The Bertz CT molecular complexity index is 1300. The molecular formula is C27H30N6O5S. The van der Waals surface area contributed by atoms with E-state index < -0.39 is 12.1 Å². The minimum absolute atomic E-state index is 0.0605. The summed E-state index contributed by atoms with van der Waals surface area (Å²) in [5, 5.41) is 24.8. The number of ether oxygens (including phenoxy) is 1. The zero-order valence-corrected chi connectivity index (χ0v) is 22.2. The van der Waals surface area contributed by atoms with Crippen LogP contribution in [0.3, 0.4) is 0 Å². The molecule has 0 bridgehead atoms. The fraction of sp³-hybridized carbons (Fsp3) is 0.407. The van der Waals surface area contributed by atoms with Crippen LogP contribution < -0.4 is 10.1 Å². The molecule has 2 fully saturated rings. The van der Waals surface area contributed by atoms with Crippen molar-refractivity contribution in [2.75, 3.05) is 18.4 Å². The second-order valence-electron chi connectivity index (χ2n) is 9.75. The Kier molecular flexibility index (Phi) is 8.40. The first-order valence-corrected chi connectivity index (χ1v) is 14.0. The summed E-state index contributed by atoms with van der Waals surface area (Å²) in [5.41, 5.74) is 1.56. The van der Waals surface area contributed by atoms with E-state index in [4.69, 9.17) is 9.84 Å². The zero-order chi connectivity index (χ0) is 27.2. The number of piperidine rings is 1. The topological polar surface area (TPSA) is 140 Å². The third-order valence-corrected chi connectivity index (χ3v) is 8.35. The van der Waals surface area contributed by atoms with Crippen LogP contribution in [0.2, 0.25) is 0 Å². The maximum Gasteiger partial charge on any atom is 0.415 e. The van der Waals surface area contributed by atoms with E-state index in [1.54, 1.807) is 46.0 Å². The molecule has 2 aromatic carbocycles. The first kappa shape index (κ1) is 26.7. The first-order chi connectivity index (χ1) is 19.0. The highest BCUT2D eigenvalue weighted by Gasteiger charge is 2.27. The number of nitrogens with one attached hydrogen (secondary N) is 1. The summed E-state index contributed by atoms with van der Waals surface area (Å²) in [6, 6.07) is 13.3. The number of hydrogen-bond acceptors (Lipinski definition) is 8. The van der Waals surface area contributed by atoms with Crippen molar-refractivity contribution in [2.24, 2.45) is 5.92 Å². The fourth-order valence-corrected chi connectivity index (χ4v) is 5.92. The molecule has 0 atom stereocenters. The van der Waals surface area contributed by atoms with E-state index in [9.17, 15) is 14.4 Å². The van der Waals surface area contributed by atoms with Crippen LogP contribution >= 0.6 is 11.8 Å². The molecular weight excluding hydrogens is 520 g/mol. The standard InChI is InChI=1S/C27H30N6O5S/c34-24(18-4-2-1-3-5-18)28-20-8-12-22(13-9-20)38-27(37)32-16-14-23(15-17-32)39-26-29-30-31-33(26)21-10-6-19(7-11-21)25(35)36/h6-13,18,23H,1-5,14-17H2,(H,28,34)(H,35,36). The van der Waals surface area contributed by atoms with Crippen LogP contribution in [-0.4, -0.2) is 66.5 Å². The Labute approximate surface area is 229 Å². The first-order valence-electron chi connectivity index (χ1n) is 13.1. The maximum atomic E-state index is 12.7. The quantitative estimate of drug-likeness (QED) is 0.431. The van der Waals surface area contributed by atoms with E-state index in [0.717, 1.165) is 38.5 Å². The Balaban J connectivity index is 1.09. The molecule has 0 unspecified atom stereocenters. The molecule has 1 aliphatic carbocycles. The number of carbonyl (C=O) groups excluding carboxylic acids is 2. The smallest absolute Gasteiger partial charge is 0.415 e. The molecule has 2 N–H and O–H groups in total. The SMILES string of the molecule is O=C(O)c1ccc(-n2nnnc2SC2CCN(C(=O)Oc3ccc(NC(=O)C4CCCCC4)cc3)CC2)cc1. The number of tetrazole rings is 1. The number of nitrogens with zero attached hydrogens (tertiary/aromatic N) is 5. The van der Waals surface area contributed by atoms with Gasteiger partial charge in [0.05, 0.1) is 11.3 Å². The third kappa shape index (κ3) is 6.75. The van der Waals surface area contributed by atoms with Gasteiger partial charge in [-0.2, -0.15) is 4.68 Å². The zero-order valence-electron chi connectivity index (χ0n) is 21.4. The number of aromatic nitrogens is 4. The number of rotatable bonds is 7. The second-order valence-corrected chi connectivity index (χ2v) is 11.0. The van der Waals surface area contributed by atoms with Crippen molar-refractivity contribution in [3.8, 4) is 11.4 Å². The largest absolute Gasteiger partial charge is 0.478 e. The van der Waals surface area contributed by atoms with Crippen molar-refractivity contribution in [2.45, 2.75) is 55.4 Å². The van der Waals surface area contributed by atoms with Gasteiger partial charge in [0, 0.05) is 29.9 Å². The number of carboxylic acids is 1. The summed E-state index contributed by atoms with van der Waals surface area (Å²) in [6.07, 6.45) is 6.38. The lowest BCUT2D eigenvalue weighted by molar-refractivity contribution is -0.120. The van der Waals surface area contributed by atoms with E-state index in [1.165, 1.54) is 30.3 Å². The van der Waals surface area contributed by atoms with Crippen molar-refractivity contribution in [3.63, 3.8) is 0 Å². The van der Waals surface area contributed by atoms with Gasteiger partial charge >= 0.3 is 12.1 Å². The van der Waals surface area contributed by atoms with Crippen LogP contribution in [0.5, 0.6) is 5.75 Å². The van der Waals surface area contributed by atoms with Gasteiger partial charge in [0.15, 0.2) is 0 Å². The maximum absolute atomic E-state index is 12.7. The summed E-state index contributed by atoms with van der Waals surface area (Å²) in [5.74, 6) is -0.422. The molecule has 0 spiro atoms. The molecule has 3 aromatic rings. The predicted molar refractivity (Wildman–Crippen MR) is 144 cm³/mol. The second kappa shape index (κ2) is 12.3. The Morgan fingerprint density at radius 1 is 0.923 bits per heavy atom. The lowest BCUT2D eigenvalue weighted by atomic mass is 9.88. The number of amides is 2. The highest BCUT2D eigenvalue weighted by atomic mass is 32.2. The van der Waals surface area contributed by atoms with Gasteiger partial charge in [-0.3, -0.25) is 4.79 Å². The molecule has 2 amide bonds. The van der Waals surface area contributed by atoms with E-state index in [2.05, 4.69) is 20.8 Å². The van der Waals surface area contributed by atoms with E-state index >= 15 is 0 Å². The summed E-state index contributed by atoms with van der Waals surface area (Å²) in [6.45, 7) is 1.09. The molecule has 11 nitrogen and oxygen atoms in total. The van der Waals surface area contributed by atoms with Gasteiger partial charge in [0.25, 0.3) is 0 Å². The van der Waals surface area contributed by atoms with E-state index in [1.807, 2.05) is 0 Å². The molecule has 2 heterocycles. The summed E-state index contributed by atoms with van der Waals surface area (Å²) < 4.78 is 7.15. The van der Waals surface area contributed by atoms with Gasteiger partial charge < -0.3 is 20.1 Å². The lowest BCUT2D eigenvalue weighted by Crippen LogP contribution is -2.41. The molecule has 0 radical (unpaired) electrons. The molecule has 1 saturated heterocycles. The van der Waals surface area contributed by atoms with Crippen molar-refractivity contribution >= 4 is 35.4 Å². The third-order valence-electron chi connectivity index (χ3n) is 7.07. The number of aromatic carboxylic acids is 1. The predicted octanol–water partition coefficient (Wildman–Crippen LogP) is 4.63. The molecule has 1 aromatic heterocycles. The summed E-state index contributed by atoms with van der Waals surface area (Å²) in [7, 11) is 0. The number of carboxylic acid groups (broad SMARTS) is 1. The molecule has 39 heavy (non-hydrogen) atoms. The number of anilines is 1. The van der Waals surface area contributed by atoms with Crippen molar-refractivity contribution in [1.29, 1.82) is 0 Å². The fourth-order valence-electron chi connectivity index (χ4n) is 4.85. The lowest BCUT2D eigenvalue weighted by Gasteiger charge is -2.30. The molecule has 2 aliphatic rings. The summed E-state index contributed by atoms with van der Waals surface area (Å²) in [4.78, 5) is 38.0. The molecule has 1 aliphatic heterocycles. The normalized spacial score (nSPS) is 16.6. The van der Waals surface area contributed by atoms with Crippen LogP contribution in [0.25, 0.3) is 5.69 Å². The van der Waals surface area contributed by atoms with E-state index in [0.29, 0.717) is 35.4 Å². The molecule has 204 valence electrons. The molecule has 12 heteroatoms. The van der Waals surface area contributed by atoms with Crippen LogP contribution in [0.15, 0.2) is 53.7 Å². The Morgan fingerprint density at radius 2 is 1.62 bits per heavy atom. The molecule has 5 rings (SSSR count). The van der Waals surface area contributed by atoms with Crippen LogP contribution in [0.4, 0.5) is 10.5 Å². The van der Waals surface area contributed by atoms with Gasteiger partial charge in [0.2, 0.25) is 11.1 Å². The number of hydrogen-bond donors (Lipinski definition) is 2. The Hall–Kier alpha value is -3.93. The van der Waals surface area contributed by atoms with Crippen LogP contribution in [0.1, 0.15) is 55.3 Å².